The van der Waals surface area contributed by atoms with Gasteiger partial charge in [-0.3, -0.25) is 0 Å². The van der Waals surface area contributed by atoms with Gasteiger partial charge in [-0.15, -0.1) is 0 Å². The van der Waals surface area contributed by atoms with Gasteiger partial charge in [0.2, 0.25) is 0 Å². The van der Waals surface area contributed by atoms with Crippen molar-refractivity contribution < 1.29 is 14.6 Å². The first-order valence-corrected chi connectivity index (χ1v) is 7.97. The van der Waals surface area contributed by atoms with Gasteiger partial charge >= 0.3 is 6.03 Å². The van der Waals surface area contributed by atoms with Gasteiger partial charge in [-0.05, 0) is 30.2 Å². The minimum atomic E-state index is -0.241. The number of amides is 2. The van der Waals surface area contributed by atoms with Gasteiger partial charge in [0.05, 0.1) is 12.7 Å². The molecule has 5 heteroatoms. The Hall–Kier alpha value is -2.37. The lowest BCUT2D eigenvalue weighted by Gasteiger charge is -2.22. The summed E-state index contributed by atoms with van der Waals surface area (Å²) in [5.74, 6) is 0. The summed E-state index contributed by atoms with van der Waals surface area (Å²) in [5.41, 5.74) is 2.72. The van der Waals surface area contributed by atoms with Crippen LogP contribution in [0.2, 0.25) is 0 Å². The number of hydrogen-bond donors (Lipinski definition) is 2. The highest BCUT2D eigenvalue weighted by atomic mass is 16.5. The van der Waals surface area contributed by atoms with E-state index in [1.807, 2.05) is 61.5 Å². The molecule has 1 unspecified atom stereocenters. The fraction of sp³-hybridized carbons (Fsp3) is 0.316. The Morgan fingerprint density at radius 2 is 1.96 bits per heavy atom. The molecule has 0 aromatic heterocycles. The predicted octanol–water partition coefficient (Wildman–Crippen LogP) is 3.42. The van der Waals surface area contributed by atoms with Gasteiger partial charge in [0.1, 0.15) is 0 Å². The predicted molar refractivity (Wildman–Crippen MR) is 94.8 cm³/mol. The zero-order valence-electron chi connectivity index (χ0n) is 14.1. The average molecular weight is 328 g/mol. The van der Waals surface area contributed by atoms with Crippen LogP contribution >= 0.6 is 0 Å². The Labute approximate surface area is 142 Å². The van der Waals surface area contributed by atoms with E-state index in [9.17, 15) is 9.90 Å². The summed E-state index contributed by atoms with van der Waals surface area (Å²) in [5, 5.41) is 12.1. The summed E-state index contributed by atoms with van der Waals surface area (Å²) in [4.78, 5) is 14.1. The summed E-state index contributed by atoms with van der Waals surface area (Å²) in [7, 11) is 1.65. The highest BCUT2D eigenvalue weighted by Crippen LogP contribution is 2.20. The van der Waals surface area contributed by atoms with Crippen molar-refractivity contribution in [2.24, 2.45) is 0 Å². The van der Waals surface area contributed by atoms with Crippen LogP contribution in [0.3, 0.4) is 0 Å². The van der Waals surface area contributed by atoms with Crippen molar-refractivity contribution >= 4 is 11.7 Å². The molecule has 5 nitrogen and oxygen atoms in total. The van der Waals surface area contributed by atoms with Crippen molar-refractivity contribution in [1.82, 2.24) is 4.90 Å². The number of benzene rings is 2. The van der Waals surface area contributed by atoms with Gasteiger partial charge in [0.25, 0.3) is 0 Å². The number of aliphatic hydroxyl groups is 1. The molecule has 0 heterocycles. The summed E-state index contributed by atoms with van der Waals surface area (Å²) < 4.78 is 5.31. The molecule has 1 atom stereocenters. The fourth-order valence-corrected chi connectivity index (χ4v) is 2.38. The van der Waals surface area contributed by atoms with Crippen LogP contribution in [0, 0.1) is 0 Å². The van der Waals surface area contributed by atoms with Crippen LogP contribution in [0.15, 0.2) is 54.6 Å². The largest absolute Gasteiger partial charge is 0.395 e. The Morgan fingerprint density at radius 1 is 1.21 bits per heavy atom. The molecule has 2 N–H and O–H groups in total. The zero-order chi connectivity index (χ0) is 17.4. The molecule has 0 aliphatic rings. The molecule has 0 aliphatic carbocycles. The van der Waals surface area contributed by atoms with Crippen molar-refractivity contribution in [3.05, 3.63) is 65.7 Å². The van der Waals surface area contributed by atoms with E-state index in [2.05, 4.69) is 5.32 Å². The van der Waals surface area contributed by atoms with Crippen LogP contribution in [-0.2, 0) is 11.3 Å². The third-order valence-electron chi connectivity index (χ3n) is 3.83. The number of urea groups is 1. The second kappa shape index (κ2) is 9.05. The minimum absolute atomic E-state index is 0.0419. The third-order valence-corrected chi connectivity index (χ3v) is 3.83. The highest BCUT2D eigenvalue weighted by molar-refractivity contribution is 5.89. The van der Waals surface area contributed by atoms with Gasteiger partial charge in [-0.25, -0.2) is 4.79 Å². The van der Waals surface area contributed by atoms with Crippen LogP contribution < -0.4 is 5.32 Å². The van der Waals surface area contributed by atoms with E-state index in [0.29, 0.717) is 12.2 Å². The quantitative estimate of drug-likeness (QED) is 0.818. The number of nitrogens with zero attached hydrogens (tertiary/aromatic N) is 1. The Kier molecular flexibility index (Phi) is 6.78. The maximum absolute atomic E-state index is 12.5. The number of carbonyl (C=O) groups is 1. The highest BCUT2D eigenvalue weighted by Gasteiger charge is 2.14. The Morgan fingerprint density at radius 3 is 2.62 bits per heavy atom. The molecule has 128 valence electrons. The molecule has 0 radical (unpaired) electrons. The number of rotatable bonds is 7. The lowest BCUT2D eigenvalue weighted by atomic mass is 10.1. The molecular formula is C19H24N2O3. The molecule has 2 aromatic carbocycles. The van der Waals surface area contributed by atoms with E-state index in [1.165, 1.54) is 0 Å². The summed E-state index contributed by atoms with van der Waals surface area (Å²) in [6, 6.07) is 17.0. The van der Waals surface area contributed by atoms with Crippen LogP contribution in [0.4, 0.5) is 10.5 Å². The molecule has 2 amide bonds. The number of hydrogen-bond acceptors (Lipinski definition) is 3. The van der Waals surface area contributed by atoms with Gasteiger partial charge in [-0.2, -0.15) is 0 Å². The number of aliphatic hydroxyl groups excluding tert-OH is 1. The van der Waals surface area contributed by atoms with Crippen LogP contribution in [0.5, 0.6) is 0 Å². The molecule has 0 saturated carbocycles. The molecule has 0 saturated heterocycles. The summed E-state index contributed by atoms with van der Waals surface area (Å²) in [6.07, 6.45) is -0.0419. The van der Waals surface area contributed by atoms with E-state index in [-0.39, 0.29) is 25.3 Å². The number of ether oxygens (including phenoxy) is 1. The van der Waals surface area contributed by atoms with Gasteiger partial charge in [0.15, 0.2) is 0 Å². The SMILES string of the molecule is COC(C)c1cccc(NC(=O)N(CCO)Cc2ccccc2)c1. The van der Waals surface area contributed by atoms with Crippen LogP contribution in [0.1, 0.15) is 24.2 Å². The molecule has 2 rings (SSSR count). The Bertz CT molecular complexity index is 646. The van der Waals surface area contributed by atoms with E-state index in [0.717, 1.165) is 11.1 Å². The van der Waals surface area contributed by atoms with Crippen molar-refractivity contribution in [2.75, 3.05) is 25.6 Å². The molecular weight excluding hydrogens is 304 g/mol. The molecule has 0 spiro atoms. The monoisotopic (exact) mass is 328 g/mol. The third kappa shape index (κ3) is 5.08. The van der Waals surface area contributed by atoms with Crippen LogP contribution in [-0.4, -0.2) is 36.3 Å². The average Bonchev–Trinajstić information content (AvgIpc) is 2.61. The minimum Gasteiger partial charge on any atom is -0.395 e. The second-order valence-electron chi connectivity index (χ2n) is 5.56. The summed E-state index contributed by atoms with van der Waals surface area (Å²) in [6.45, 7) is 2.59. The molecule has 24 heavy (non-hydrogen) atoms. The number of carbonyl (C=O) groups excluding carboxylic acids is 1. The second-order valence-corrected chi connectivity index (χ2v) is 5.56. The van der Waals surface area contributed by atoms with E-state index >= 15 is 0 Å². The lowest BCUT2D eigenvalue weighted by Crippen LogP contribution is -2.36. The van der Waals surface area contributed by atoms with Gasteiger partial charge in [-0.1, -0.05) is 42.5 Å². The zero-order valence-corrected chi connectivity index (χ0v) is 14.1. The van der Waals surface area contributed by atoms with E-state index < -0.39 is 0 Å². The van der Waals surface area contributed by atoms with Crippen molar-refractivity contribution in [2.45, 2.75) is 19.6 Å². The number of methoxy groups -OCH3 is 1. The summed E-state index contributed by atoms with van der Waals surface area (Å²) >= 11 is 0. The molecule has 2 aromatic rings. The van der Waals surface area contributed by atoms with Gasteiger partial charge in [0, 0.05) is 25.9 Å². The molecule has 0 bridgehead atoms. The smallest absolute Gasteiger partial charge is 0.322 e. The first-order chi connectivity index (χ1) is 11.6. The maximum Gasteiger partial charge on any atom is 0.322 e. The van der Waals surface area contributed by atoms with E-state index in [1.54, 1.807) is 12.0 Å². The van der Waals surface area contributed by atoms with Crippen molar-refractivity contribution in [3.8, 4) is 0 Å². The van der Waals surface area contributed by atoms with Crippen LogP contribution in [0.25, 0.3) is 0 Å². The molecule has 0 fully saturated rings. The standard InChI is InChI=1S/C19H24N2O3/c1-15(24-2)17-9-6-10-18(13-17)20-19(23)21(11-12-22)14-16-7-4-3-5-8-16/h3-10,13,15,22H,11-12,14H2,1-2H3,(H,20,23). The topological polar surface area (TPSA) is 61.8 Å². The molecule has 0 aliphatic heterocycles. The normalized spacial score (nSPS) is 11.8. The van der Waals surface area contributed by atoms with E-state index in [4.69, 9.17) is 4.74 Å². The number of nitrogens with one attached hydrogen (secondary N) is 1. The maximum atomic E-state index is 12.5. The van der Waals surface area contributed by atoms with Crippen molar-refractivity contribution in [1.29, 1.82) is 0 Å². The Balaban J connectivity index is 2.07. The number of anilines is 1. The fourth-order valence-electron chi connectivity index (χ4n) is 2.38. The lowest BCUT2D eigenvalue weighted by molar-refractivity contribution is 0.119. The first kappa shape index (κ1) is 18.0. The first-order valence-electron chi connectivity index (χ1n) is 7.97. The van der Waals surface area contributed by atoms with Gasteiger partial charge < -0.3 is 20.1 Å². The van der Waals surface area contributed by atoms with Crippen molar-refractivity contribution in [3.63, 3.8) is 0 Å².